The standard InChI is InChI=1S/C13H18N4O4/c1-16(2)5-6-17(9-12(18)19)8-11-14-13(15-21-11)10-4-3-7-20-10/h3-4,7H,5-6,8-9H2,1-2H3,(H,18,19). The number of carboxylic acids is 1. The molecule has 2 aromatic heterocycles. The number of hydrogen-bond donors (Lipinski definition) is 1. The number of nitrogens with zero attached hydrogens (tertiary/aromatic N) is 4. The van der Waals surface area contributed by atoms with E-state index in [9.17, 15) is 4.79 Å². The molecule has 0 saturated heterocycles. The lowest BCUT2D eigenvalue weighted by Crippen LogP contribution is -2.35. The van der Waals surface area contributed by atoms with E-state index in [0.29, 0.717) is 24.0 Å². The molecule has 1 N–H and O–H groups in total. The van der Waals surface area contributed by atoms with Crippen molar-refractivity contribution in [1.82, 2.24) is 19.9 Å². The minimum Gasteiger partial charge on any atom is -0.480 e. The summed E-state index contributed by atoms with van der Waals surface area (Å²) in [6.45, 7) is 1.55. The van der Waals surface area contributed by atoms with Crippen LogP contribution >= 0.6 is 0 Å². The molecule has 21 heavy (non-hydrogen) atoms. The summed E-state index contributed by atoms with van der Waals surface area (Å²) < 4.78 is 10.3. The van der Waals surface area contributed by atoms with Crippen LogP contribution in [0.25, 0.3) is 11.6 Å². The molecule has 2 heterocycles. The average molecular weight is 294 g/mol. The van der Waals surface area contributed by atoms with Crippen molar-refractivity contribution in [2.24, 2.45) is 0 Å². The summed E-state index contributed by atoms with van der Waals surface area (Å²) >= 11 is 0. The molecular formula is C13H18N4O4. The maximum Gasteiger partial charge on any atom is 0.317 e. The second kappa shape index (κ2) is 7.00. The Bertz CT molecular complexity index is 564. The van der Waals surface area contributed by atoms with E-state index in [0.717, 1.165) is 6.54 Å². The van der Waals surface area contributed by atoms with Crippen molar-refractivity contribution in [3.05, 3.63) is 24.3 Å². The van der Waals surface area contributed by atoms with Gasteiger partial charge in [0.15, 0.2) is 5.76 Å². The largest absolute Gasteiger partial charge is 0.480 e. The van der Waals surface area contributed by atoms with Crippen LogP contribution in [0.2, 0.25) is 0 Å². The van der Waals surface area contributed by atoms with Gasteiger partial charge in [-0.05, 0) is 26.2 Å². The predicted octanol–water partition coefficient (Wildman–Crippen LogP) is 0.778. The Kier molecular flexibility index (Phi) is 5.07. The van der Waals surface area contributed by atoms with Crippen molar-refractivity contribution in [3.8, 4) is 11.6 Å². The van der Waals surface area contributed by atoms with Crippen molar-refractivity contribution in [3.63, 3.8) is 0 Å². The van der Waals surface area contributed by atoms with Gasteiger partial charge in [0.2, 0.25) is 11.7 Å². The van der Waals surface area contributed by atoms with Crippen molar-refractivity contribution in [1.29, 1.82) is 0 Å². The quantitative estimate of drug-likeness (QED) is 0.763. The third-order valence-electron chi connectivity index (χ3n) is 2.79. The Morgan fingerprint density at radius 1 is 1.38 bits per heavy atom. The lowest BCUT2D eigenvalue weighted by atomic mass is 10.4. The first-order valence-corrected chi connectivity index (χ1v) is 6.50. The summed E-state index contributed by atoms with van der Waals surface area (Å²) in [5, 5.41) is 12.8. The highest BCUT2D eigenvalue weighted by Gasteiger charge is 2.16. The van der Waals surface area contributed by atoms with Crippen molar-refractivity contribution in [2.75, 3.05) is 33.7 Å². The maximum absolute atomic E-state index is 10.9. The van der Waals surface area contributed by atoms with Gasteiger partial charge < -0.3 is 18.9 Å². The first kappa shape index (κ1) is 15.2. The molecule has 0 saturated carbocycles. The van der Waals surface area contributed by atoms with Gasteiger partial charge >= 0.3 is 5.97 Å². The number of aromatic nitrogens is 2. The Morgan fingerprint density at radius 2 is 2.19 bits per heavy atom. The lowest BCUT2D eigenvalue weighted by molar-refractivity contribution is -0.138. The van der Waals surface area contributed by atoms with Gasteiger partial charge in [-0.25, -0.2) is 0 Å². The van der Waals surface area contributed by atoms with Crippen LogP contribution in [0.4, 0.5) is 0 Å². The summed E-state index contributed by atoms with van der Waals surface area (Å²) in [5.74, 6) is 0.349. The highest BCUT2D eigenvalue weighted by Crippen LogP contribution is 2.16. The summed E-state index contributed by atoms with van der Waals surface area (Å²) in [6, 6.07) is 3.47. The molecule has 8 nitrogen and oxygen atoms in total. The van der Waals surface area contributed by atoms with E-state index in [2.05, 4.69) is 10.1 Å². The summed E-state index contributed by atoms with van der Waals surface area (Å²) in [5.41, 5.74) is 0. The van der Waals surface area contributed by atoms with Gasteiger partial charge in [0.1, 0.15) is 0 Å². The van der Waals surface area contributed by atoms with Crippen molar-refractivity contribution in [2.45, 2.75) is 6.54 Å². The summed E-state index contributed by atoms with van der Waals surface area (Å²) in [7, 11) is 3.86. The first-order valence-electron chi connectivity index (χ1n) is 6.50. The zero-order valence-corrected chi connectivity index (χ0v) is 12.0. The van der Waals surface area contributed by atoms with E-state index >= 15 is 0 Å². The summed E-state index contributed by atoms with van der Waals surface area (Å²) in [4.78, 5) is 18.8. The molecule has 0 bridgehead atoms. The van der Waals surface area contributed by atoms with Crippen molar-refractivity contribution < 1.29 is 18.8 Å². The van der Waals surface area contributed by atoms with Crippen LogP contribution in [0.1, 0.15) is 5.89 Å². The van der Waals surface area contributed by atoms with Gasteiger partial charge in [-0.15, -0.1) is 0 Å². The minimum atomic E-state index is -0.889. The van der Waals surface area contributed by atoms with Gasteiger partial charge in [0, 0.05) is 13.1 Å². The fraction of sp³-hybridized carbons (Fsp3) is 0.462. The Labute approximate surface area is 121 Å². The van der Waals surface area contributed by atoms with E-state index in [1.54, 1.807) is 17.0 Å². The molecule has 0 spiro atoms. The van der Waals surface area contributed by atoms with Crippen LogP contribution in [0.3, 0.4) is 0 Å². The molecule has 0 aliphatic heterocycles. The molecule has 0 amide bonds. The van der Waals surface area contributed by atoms with E-state index < -0.39 is 5.97 Å². The fourth-order valence-corrected chi connectivity index (χ4v) is 1.76. The van der Waals surface area contributed by atoms with Crippen LogP contribution in [-0.4, -0.2) is 64.7 Å². The maximum atomic E-state index is 10.9. The van der Waals surface area contributed by atoms with Crippen LogP contribution in [-0.2, 0) is 11.3 Å². The molecule has 0 unspecified atom stereocenters. The Hall–Kier alpha value is -2.19. The number of aliphatic carboxylic acids is 1. The van der Waals surface area contributed by atoms with E-state index in [1.807, 2.05) is 19.0 Å². The third kappa shape index (κ3) is 4.69. The molecule has 0 aliphatic rings. The highest BCUT2D eigenvalue weighted by atomic mass is 16.5. The topological polar surface area (TPSA) is 95.8 Å². The van der Waals surface area contributed by atoms with E-state index in [4.69, 9.17) is 14.0 Å². The molecule has 2 rings (SSSR count). The number of hydrogen-bond acceptors (Lipinski definition) is 7. The van der Waals surface area contributed by atoms with Gasteiger partial charge in [0.25, 0.3) is 0 Å². The van der Waals surface area contributed by atoms with Crippen molar-refractivity contribution >= 4 is 5.97 Å². The smallest absolute Gasteiger partial charge is 0.317 e. The fourth-order valence-electron chi connectivity index (χ4n) is 1.76. The van der Waals surface area contributed by atoms with Crippen LogP contribution in [0, 0.1) is 0 Å². The molecule has 0 fully saturated rings. The second-order valence-corrected chi connectivity index (χ2v) is 4.90. The highest BCUT2D eigenvalue weighted by molar-refractivity contribution is 5.69. The molecule has 2 aromatic rings. The van der Waals surface area contributed by atoms with Gasteiger partial charge in [-0.2, -0.15) is 4.98 Å². The number of furan rings is 1. The normalized spacial score (nSPS) is 11.4. The molecule has 0 aliphatic carbocycles. The molecule has 0 radical (unpaired) electrons. The van der Waals surface area contributed by atoms with Crippen LogP contribution in [0.5, 0.6) is 0 Å². The van der Waals surface area contributed by atoms with Gasteiger partial charge in [-0.1, -0.05) is 5.16 Å². The molecule has 0 atom stereocenters. The molecule has 8 heteroatoms. The Balaban J connectivity index is 2.00. The average Bonchev–Trinajstić information content (AvgIpc) is 3.05. The van der Waals surface area contributed by atoms with Gasteiger partial charge in [-0.3, -0.25) is 9.69 Å². The predicted molar refractivity (Wildman–Crippen MR) is 73.5 cm³/mol. The molecule has 0 aromatic carbocycles. The molecule has 114 valence electrons. The number of carboxylic acid groups (broad SMARTS) is 1. The van der Waals surface area contributed by atoms with E-state index in [1.165, 1.54) is 6.26 Å². The number of rotatable bonds is 8. The lowest BCUT2D eigenvalue weighted by Gasteiger charge is -2.20. The van der Waals surface area contributed by atoms with Gasteiger partial charge in [0.05, 0.1) is 19.4 Å². The molecular weight excluding hydrogens is 276 g/mol. The minimum absolute atomic E-state index is 0.0771. The Morgan fingerprint density at radius 3 is 2.81 bits per heavy atom. The monoisotopic (exact) mass is 294 g/mol. The number of carbonyl (C=O) groups is 1. The van der Waals surface area contributed by atoms with Crippen LogP contribution < -0.4 is 0 Å². The van der Waals surface area contributed by atoms with Crippen LogP contribution in [0.15, 0.2) is 27.3 Å². The third-order valence-corrected chi connectivity index (χ3v) is 2.79. The zero-order chi connectivity index (χ0) is 15.2. The first-order chi connectivity index (χ1) is 10.0. The van der Waals surface area contributed by atoms with E-state index in [-0.39, 0.29) is 13.1 Å². The second-order valence-electron chi connectivity index (χ2n) is 4.90. The SMILES string of the molecule is CN(C)CCN(CC(=O)O)Cc1nc(-c2ccco2)no1. The summed E-state index contributed by atoms with van der Waals surface area (Å²) in [6.07, 6.45) is 1.53. The zero-order valence-electron chi connectivity index (χ0n) is 12.0. The number of likely N-dealkylation sites (N-methyl/N-ethyl adjacent to an activating group) is 1.